The third-order valence-electron chi connectivity index (χ3n) is 2.98. The Balaban J connectivity index is 2.00. The van der Waals surface area contributed by atoms with Gasteiger partial charge in [-0.05, 0) is 18.4 Å². The molecule has 0 aliphatic carbocycles. The molecule has 2 N–H and O–H groups in total. The molecule has 1 aliphatic heterocycles. The predicted octanol–water partition coefficient (Wildman–Crippen LogP) is 1.30. The first-order valence-corrected chi connectivity index (χ1v) is 6.88. The maximum Gasteiger partial charge on any atom is 0.328 e. The van der Waals surface area contributed by atoms with Crippen molar-refractivity contribution < 1.29 is 19.4 Å². The molecule has 0 spiro atoms. The molecule has 0 saturated carbocycles. The van der Waals surface area contributed by atoms with E-state index in [1.54, 1.807) is 11.3 Å². The van der Waals surface area contributed by atoms with E-state index in [9.17, 15) is 9.59 Å². The molecular formula is C12H16N2O4S. The Morgan fingerprint density at radius 3 is 3.05 bits per heavy atom. The molecule has 2 atom stereocenters. The fraction of sp³-hybridized carbons (Fsp3) is 0.500. The van der Waals surface area contributed by atoms with Crippen LogP contribution in [0.2, 0.25) is 0 Å². The Hall–Kier alpha value is -1.60. The monoisotopic (exact) mass is 284 g/mol. The maximum atomic E-state index is 12.1. The minimum atomic E-state index is -1.04. The van der Waals surface area contributed by atoms with Gasteiger partial charge in [-0.1, -0.05) is 6.07 Å². The number of nitrogens with one attached hydrogen (secondary N) is 1. The zero-order valence-electron chi connectivity index (χ0n) is 10.5. The number of carboxylic acids is 1. The van der Waals surface area contributed by atoms with Gasteiger partial charge in [-0.25, -0.2) is 9.59 Å². The van der Waals surface area contributed by atoms with E-state index in [1.807, 2.05) is 24.4 Å². The third kappa shape index (κ3) is 3.24. The van der Waals surface area contributed by atoms with Crippen molar-refractivity contribution in [3.05, 3.63) is 22.4 Å². The van der Waals surface area contributed by atoms with Crippen molar-refractivity contribution >= 4 is 23.3 Å². The minimum Gasteiger partial charge on any atom is -0.480 e. The number of carbonyl (C=O) groups is 2. The zero-order chi connectivity index (χ0) is 13.8. The van der Waals surface area contributed by atoms with E-state index in [1.165, 1.54) is 4.90 Å². The van der Waals surface area contributed by atoms with Crippen molar-refractivity contribution in [1.82, 2.24) is 10.2 Å². The molecule has 104 valence electrons. The SMILES string of the molecule is CC(NC(=O)N1CCOCC1C(=O)O)c1cccs1. The lowest BCUT2D eigenvalue weighted by molar-refractivity contribution is -0.147. The summed E-state index contributed by atoms with van der Waals surface area (Å²) in [5.74, 6) is -1.04. The molecule has 2 unspecified atom stereocenters. The van der Waals surface area contributed by atoms with Gasteiger partial charge in [-0.3, -0.25) is 0 Å². The normalized spacial score (nSPS) is 20.9. The van der Waals surface area contributed by atoms with Crippen LogP contribution in [0.1, 0.15) is 17.8 Å². The summed E-state index contributed by atoms with van der Waals surface area (Å²) in [7, 11) is 0. The Labute approximate surface area is 115 Å². The van der Waals surface area contributed by atoms with E-state index in [0.717, 1.165) is 4.88 Å². The van der Waals surface area contributed by atoms with Crippen LogP contribution < -0.4 is 5.32 Å². The fourth-order valence-corrected chi connectivity index (χ4v) is 2.66. The highest BCUT2D eigenvalue weighted by Gasteiger charge is 2.33. The summed E-state index contributed by atoms with van der Waals surface area (Å²) in [6, 6.07) is 2.44. The number of urea groups is 1. The Kier molecular flexibility index (Phi) is 4.39. The van der Waals surface area contributed by atoms with Crippen molar-refractivity contribution in [1.29, 1.82) is 0 Å². The van der Waals surface area contributed by atoms with Crippen LogP contribution in [0, 0.1) is 0 Å². The number of amides is 2. The molecule has 2 heterocycles. The molecular weight excluding hydrogens is 268 g/mol. The van der Waals surface area contributed by atoms with Crippen molar-refractivity contribution in [2.24, 2.45) is 0 Å². The topological polar surface area (TPSA) is 78.9 Å². The number of aliphatic carboxylic acids is 1. The summed E-state index contributed by atoms with van der Waals surface area (Å²) in [5.41, 5.74) is 0. The smallest absolute Gasteiger partial charge is 0.328 e. The highest BCUT2D eigenvalue weighted by molar-refractivity contribution is 7.10. The van der Waals surface area contributed by atoms with E-state index >= 15 is 0 Å². The summed E-state index contributed by atoms with van der Waals surface area (Å²) in [4.78, 5) is 25.6. The van der Waals surface area contributed by atoms with Crippen LogP contribution in [-0.2, 0) is 9.53 Å². The molecule has 1 fully saturated rings. The number of morpholine rings is 1. The van der Waals surface area contributed by atoms with Gasteiger partial charge in [-0.15, -0.1) is 11.3 Å². The van der Waals surface area contributed by atoms with E-state index in [2.05, 4.69) is 5.32 Å². The lowest BCUT2D eigenvalue weighted by Crippen LogP contribution is -2.55. The number of carboxylic acid groups (broad SMARTS) is 1. The molecule has 7 heteroatoms. The molecule has 1 saturated heterocycles. The van der Waals surface area contributed by atoms with Gasteiger partial charge in [0, 0.05) is 11.4 Å². The Morgan fingerprint density at radius 2 is 2.42 bits per heavy atom. The van der Waals surface area contributed by atoms with Crippen LogP contribution in [0.15, 0.2) is 17.5 Å². The molecule has 19 heavy (non-hydrogen) atoms. The van der Waals surface area contributed by atoms with Gasteiger partial charge in [0.05, 0.1) is 19.3 Å². The number of hydrogen-bond acceptors (Lipinski definition) is 4. The van der Waals surface area contributed by atoms with Crippen molar-refractivity contribution in [3.63, 3.8) is 0 Å². The largest absolute Gasteiger partial charge is 0.480 e. The molecule has 0 bridgehead atoms. The van der Waals surface area contributed by atoms with Crippen molar-refractivity contribution in [2.45, 2.75) is 19.0 Å². The number of thiophene rings is 1. The quantitative estimate of drug-likeness (QED) is 0.877. The second kappa shape index (κ2) is 6.03. The van der Waals surface area contributed by atoms with Crippen LogP contribution >= 0.6 is 11.3 Å². The average molecular weight is 284 g/mol. The number of carbonyl (C=O) groups excluding carboxylic acids is 1. The summed E-state index contributed by atoms with van der Waals surface area (Å²) >= 11 is 1.55. The second-order valence-electron chi connectivity index (χ2n) is 4.31. The molecule has 0 aromatic carbocycles. The fourth-order valence-electron chi connectivity index (χ4n) is 1.93. The number of ether oxygens (including phenoxy) is 1. The Morgan fingerprint density at radius 1 is 1.63 bits per heavy atom. The first-order valence-electron chi connectivity index (χ1n) is 6.00. The molecule has 1 aromatic heterocycles. The number of hydrogen-bond donors (Lipinski definition) is 2. The standard InChI is InChI=1S/C12H16N2O4S/c1-8(10-3-2-6-19-10)13-12(17)14-4-5-18-7-9(14)11(15)16/h2-3,6,8-9H,4-5,7H2,1H3,(H,13,17)(H,15,16). The number of nitrogens with zero attached hydrogens (tertiary/aromatic N) is 1. The van der Waals surface area contributed by atoms with Gasteiger partial charge in [0.25, 0.3) is 0 Å². The highest BCUT2D eigenvalue weighted by atomic mass is 32.1. The maximum absolute atomic E-state index is 12.1. The molecule has 1 aliphatic rings. The van der Waals surface area contributed by atoms with E-state index in [4.69, 9.17) is 9.84 Å². The summed E-state index contributed by atoms with van der Waals surface area (Å²) in [5, 5.41) is 13.8. The lowest BCUT2D eigenvalue weighted by atomic mass is 10.2. The van der Waals surface area contributed by atoms with Crippen molar-refractivity contribution in [3.8, 4) is 0 Å². The highest BCUT2D eigenvalue weighted by Crippen LogP contribution is 2.19. The molecule has 6 nitrogen and oxygen atoms in total. The van der Waals surface area contributed by atoms with Gasteiger partial charge < -0.3 is 20.1 Å². The summed E-state index contributed by atoms with van der Waals surface area (Å²) in [6.07, 6.45) is 0. The van der Waals surface area contributed by atoms with E-state index in [-0.39, 0.29) is 18.7 Å². The van der Waals surface area contributed by atoms with Crippen LogP contribution in [0.3, 0.4) is 0 Å². The molecule has 1 aromatic rings. The first-order chi connectivity index (χ1) is 9.09. The van der Waals surface area contributed by atoms with E-state index < -0.39 is 12.0 Å². The minimum absolute atomic E-state index is 0.0378. The zero-order valence-corrected chi connectivity index (χ0v) is 11.4. The van der Waals surface area contributed by atoms with Crippen LogP contribution in [0.4, 0.5) is 4.79 Å². The lowest BCUT2D eigenvalue weighted by Gasteiger charge is -2.33. The number of rotatable bonds is 3. The summed E-state index contributed by atoms with van der Waals surface area (Å²) < 4.78 is 5.10. The van der Waals surface area contributed by atoms with E-state index in [0.29, 0.717) is 13.2 Å². The Bertz CT molecular complexity index is 449. The molecule has 2 amide bonds. The van der Waals surface area contributed by atoms with Crippen LogP contribution in [0.5, 0.6) is 0 Å². The van der Waals surface area contributed by atoms with Crippen LogP contribution in [-0.4, -0.2) is 47.8 Å². The molecule has 0 radical (unpaired) electrons. The van der Waals surface area contributed by atoms with Gasteiger partial charge in [-0.2, -0.15) is 0 Å². The first kappa shape index (κ1) is 13.8. The van der Waals surface area contributed by atoms with Gasteiger partial charge in [0.1, 0.15) is 0 Å². The van der Waals surface area contributed by atoms with Gasteiger partial charge in [0.2, 0.25) is 0 Å². The van der Waals surface area contributed by atoms with Crippen molar-refractivity contribution in [2.75, 3.05) is 19.8 Å². The third-order valence-corrected chi connectivity index (χ3v) is 4.04. The second-order valence-corrected chi connectivity index (χ2v) is 5.29. The summed E-state index contributed by atoms with van der Waals surface area (Å²) in [6.45, 7) is 2.57. The van der Waals surface area contributed by atoms with Gasteiger partial charge in [0.15, 0.2) is 6.04 Å². The molecule has 2 rings (SSSR count). The predicted molar refractivity (Wildman–Crippen MR) is 70.2 cm³/mol. The van der Waals surface area contributed by atoms with Gasteiger partial charge >= 0.3 is 12.0 Å². The van der Waals surface area contributed by atoms with Crippen LogP contribution in [0.25, 0.3) is 0 Å². The average Bonchev–Trinajstić information content (AvgIpc) is 2.92.